The lowest BCUT2D eigenvalue weighted by Gasteiger charge is -2.08. The zero-order valence-corrected chi connectivity index (χ0v) is 13.1. The number of fused-ring (bicyclic) bond motifs is 1. The Kier molecular flexibility index (Phi) is 3.43. The van der Waals surface area contributed by atoms with Crippen molar-refractivity contribution in [3.05, 3.63) is 29.5 Å². The van der Waals surface area contributed by atoms with Crippen LogP contribution in [0.4, 0.5) is 5.82 Å². The first kappa shape index (κ1) is 14.0. The van der Waals surface area contributed by atoms with Crippen molar-refractivity contribution in [3.8, 4) is 0 Å². The molecule has 0 saturated heterocycles. The van der Waals surface area contributed by atoms with E-state index in [0.29, 0.717) is 10.8 Å². The highest BCUT2D eigenvalue weighted by Gasteiger charge is 2.25. The third-order valence-electron chi connectivity index (χ3n) is 3.08. The van der Waals surface area contributed by atoms with Gasteiger partial charge in [0.15, 0.2) is 15.8 Å². The number of hydrogen-bond donors (Lipinski definition) is 2. The van der Waals surface area contributed by atoms with Gasteiger partial charge in [-0.3, -0.25) is 9.08 Å². The molecule has 0 aliphatic heterocycles. The molecule has 2 N–H and O–H groups in total. The summed E-state index contributed by atoms with van der Waals surface area (Å²) in [7, 11) is -0.288. The van der Waals surface area contributed by atoms with Crippen molar-refractivity contribution in [2.24, 2.45) is 7.05 Å². The largest absolute Gasteiger partial charge is 0.371 e. The number of aryl methyl sites for hydroxylation is 1. The number of rotatable bonds is 5. The summed E-state index contributed by atoms with van der Waals surface area (Å²) in [5.41, 5.74) is 0.774. The second kappa shape index (κ2) is 5.13. The Morgan fingerprint density at radius 1 is 1.43 bits per heavy atom. The normalized spacial score (nSPS) is 12.1. The van der Waals surface area contributed by atoms with Crippen molar-refractivity contribution in [2.75, 3.05) is 12.4 Å². The highest BCUT2D eigenvalue weighted by molar-refractivity contribution is 7.89. The molecule has 0 unspecified atom stereocenters. The van der Waals surface area contributed by atoms with Crippen molar-refractivity contribution in [3.63, 3.8) is 0 Å². The Balaban J connectivity index is 1.96. The Morgan fingerprint density at radius 2 is 2.24 bits per heavy atom. The van der Waals surface area contributed by atoms with Gasteiger partial charge in [0.1, 0.15) is 0 Å². The van der Waals surface area contributed by atoms with E-state index >= 15 is 0 Å². The second-order valence-corrected chi connectivity index (χ2v) is 6.90. The van der Waals surface area contributed by atoms with Crippen LogP contribution in [0.2, 0.25) is 0 Å². The van der Waals surface area contributed by atoms with Crippen LogP contribution in [0.25, 0.3) is 4.96 Å². The molecule has 8 nitrogen and oxygen atoms in total. The topological polar surface area (TPSA) is 93.3 Å². The molecule has 3 aromatic heterocycles. The van der Waals surface area contributed by atoms with Crippen molar-refractivity contribution in [2.45, 2.75) is 11.6 Å². The van der Waals surface area contributed by atoms with Crippen LogP contribution in [0, 0.1) is 0 Å². The lowest BCUT2D eigenvalue weighted by molar-refractivity contribution is 0.573. The summed E-state index contributed by atoms with van der Waals surface area (Å²) in [4.78, 5) is 4.88. The fraction of sp³-hybridized carbons (Fsp3) is 0.273. The van der Waals surface area contributed by atoms with Crippen LogP contribution in [0.5, 0.6) is 0 Å². The minimum absolute atomic E-state index is 0.114. The number of hydrogen-bond acceptors (Lipinski definition) is 6. The molecule has 10 heteroatoms. The van der Waals surface area contributed by atoms with Crippen LogP contribution < -0.4 is 10.0 Å². The number of nitrogens with zero attached hydrogens (tertiary/aromatic N) is 4. The summed E-state index contributed by atoms with van der Waals surface area (Å²) < 4.78 is 30.9. The molecule has 0 amide bonds. The van der Waals surface area contributed by atoms with Crippen LogP contribution in [-0.4, -0.2) is 34.6 Å². The van der Waals surface area contributed by atoms with Gasteiger partial charge in [-0.05, 0) is 6.07 Å². The Bertz CT molecular complexity index is 876. The minimum atomic E-state index is -3.70. The van der Waals surface area contributed by atoms with Crippen LogP contribution >= 0.6 is 11.3 Å². The molecule has 0 fully saturated rings. The van der Waals surface area contributed by atoms with E-state index in [9.17, 15) is 8.42 Å². The SMILES string of the molecule is CNc1nc2sccn2c1S(=O)(=O)NCc1ccnn1C. The summed E-state index contributed by atoms with van der Waals surface area (Å²) in [5, 5.41) is 8.74. The quantitative estimate of drug-likeness (QED) is 0.718. The monoisotopic (exact) mass is 326 g/mol. The Hall–Kier alpha value is -1.91. The van der Waals surface area contributed by atoms with Crippen molar-refractivity contribution in [1.29, 1.82) is 0 Å². The van der Waals surface area contributed by atoms with E-state index in [4.69, 9.17) is 0 Å². The summed E-state index contributed by atoms with van der Waals surface area (Å²) in [6.07, 6.45) is 3.31. The molecule has 0 aliphatic rings. The van der Waals surface area contributed by atoms with Gasteiger partial charge in [0.25, 0.3) is 10.0 Å². The smallest absolute Gasteiger partial charge is 0.260 e. The van der Waals surface area contributed by atoms with Gasteiger partial charge in [-0.2, -0.15) is 5.10 Å². The molecule has 0 spiro atoms. The standard InChI is InChI=1S/C11H14N6O2S2/c1-12-9-10(17-5-6-20-11(17)15-9)21(18,19)14-7-8-3-4-13-16(8)2/h3-6,12,14H,7H2,1-2H3. The van der Waals surface area contributed by atoms with E-state index in [-0.39, 0.29) is 11.6 Å². The molecule has 0 atom stereocenters. The van der Waals surface area contributed by atoms with Crippen LogP contribution in [0.15, 0.2) is 28.9 Å². The highest BCUT2D eigenvalue weighted by Crippen LogP contribution is 2.25. The van der Waals surface area contributed by atoms with Gasteiger partial charge in [-0.1, -0.05) is 0 Å². The van der Waals surface area contributed by atoms with Crippen molar-refractivity contribution < 1.29 is 8.42 Å². The first-order valence-corrected chi connectivity index (χ1v) is 8.49. The van der Waals surface area contributed by atoms with E-state index in [1.165, 1.54) is 11.3 Å². The Morgan fingerprint density at radius 3 is 2.90 bits per heavy atom. The molecule has 112 valence electrons. The lowest BCUT2D eigenvalue weighted by Crippen LogP contribution is -2.26. The molecule has 3 aromatic rings. The highest BCUT2D eigenvalue weighted by atomic mass is 32.2. The first-order chi connectivity index (χ1) is 10.0. The number of anilines is 1. The van der Waals surface area contributed by atoms with E-state index in [2.05, 4.69) is 20.1 Å². The molecule has 0 aromatic carbocycles. The average molecular weight is 326 g/mol. The van der Waals surface area contributed by atoms with E-state index in [0.717, 1.165) is 5.69 Å². The second-order valence-electron chi connectivity index (χ2n) is 4.34. The zero-order valence-electron chi connectivity index (χ0n) is 11.4. The summed E-state index contributed by atoms with van der Waals surface area (Å²) in [6, 6.07) is 1.76. The average Bonchev–Trinajstić information content (AvgIpc) is 3.10. The predicted molar refractivity (Wildman–Crippen MR) is 79.8 cm³/mol. The Labute approximate surface area is 125 Å². The number of nitrogens with one attached hydrogen (secondary N) is 2. The van der Waals surface area contributed by atoms with E-state index in [1.807, 2.05) is 0 Å². The van der Waals surface area contributed by atoms with Gasteiger partial charge in [0, 0.05) is 31.9 Å². The molecule has 0 radical (unpaired) electrons. The maximum Gasteiger partial charge on any atom is 0.260 e. The third kappa shape index (κ3) is 2.41. The van der Waals surface area contributed by atoms with Crippen LogP contribution in [0.3, 0.4) is 0 Å². The fourth-order valence-electron chi connectivity index (χ4n) is 2.00. The fourth-order valence-corrected chi connectivity index (χ4v) is 4.05. The maximum absolute atomic E-state index is 12.6. The summed E-state index contributed by atoms with van der Waals surface area (Å²) in [6.45, 7) is 0.166. The van der Waals surface area contributed by atoms with Gasteiger partial charge in [0.05, 0.1) is 12.2 Å². The van der Waals surface area contributed by atoms with Crippen molar-refractivity contribution in [1.82, 2.24) is 23.9 Å². The van der Waals surface area contributed by atoms with Gasteiger partial charge >= 0.3 is 0 Å². The van der Waals surface area contributed by atoms with Gasteiger partial charge in [-0.15, -0.1) is 11.3 Å². The third-order valence-corrected chi connectivity index (χ3v) is 5.26. The number of sulfonamides is 1. The number of imidazole rings is 1. The van der Waals surface area contributed by atoms with Gasteiger partial charge in [0.2, 0.25) is 0 Å². The van der Waals surface area contributed by atoms with E-state index < -0.39 is 10.0 Å². The van der Waals surface area contributed by atoms with E-state index in [1.54, 1.807) is 47.0 Å². The molecule has 21 heavy (non-hydrogen) atoms. The van der Waals surface area contributed by atoms with Crippen molar-refractivity contribution >= 4 is 32.1 Å². The van der Waals surface area contributed by atoms with Crippen LogP contribution in [0.1, 0.15) is 5.69 Å². The maximum atomic E-state index is 12.6. The number of aromatic nitrogens is 4. The molecule has 3 rings (SSSR count). The first-order valence-electron chi connectivity index (χ1n) is 6.13. The molecular formula is C11H14N6O2S2. The predicted octanol–water partition coefficient (Wildman–Crippen LogP) is 0.649. The minimum Gasteiger partial charge on any atom is -0.371 e. The van der Waals surface area contributed by atoms with Gasteiger partial charge in [-0.25, -0.2) is 18.1 Å². The zero-order chi connectivity index (χ0) is 15.0. The lowest BCUT2D eigenvalue weighted by atomic mass is 10.4. The van der Waals surface area contributed by atoms with Crippen LogP contribution in [-0.2, 0) is 23.6 Å². The summed E-state index contributed by atoms with van der Waals surface area (Å²) >= 11 is 1.38. The number of thiazole rings is 1. The molecule has 0 aliphatic carbocycles. The van der Waals surface area contributed by atoms with Gasteiger partial charge < -0.3 is 5.32 Å². The molecule has 0 bridgehead atoms. The molecule has 0 saturated carbocycles. The summed E-state index contributed by atoms with van der Waals surface area (Å²) in [5.74, 6) is 0.333. The molecular weight excluding hydrogens is 312 g/mol. The molecule has 3 heterocycles.